The fourth-order valence-electron chi connectivity index (χ4n) is 9.88. The second-order valence-electron chi connectivity index (χ2n) is 16.4. The summed E-state index contributed by atoms with van der Waals surface area (Å²) in [7, 11) is 0. The van der Waals surface area contributed by atoms with Gasteiger partial charge in [-0.2, -0.15) is 0 Å². The number of allylic oxidation sites excluding steroid dienone is 4. The smallest absolute Gasteiger partial charge is 0.159 e. The molecule has 0 radical (unpaired) electrons. The van der Waals surface area contributed by atoms with Gasteiger partial charge in [-0.15, -0.1) is 11.3 Å². The second-order valence-corrected chi connectivity index (χ2v) is 17.5. The van der Waals surface area contributed by atoms with Crippen molar-refractivity contribution < 1.29 is 0 Å². The van der Waals surface area contributed by atoms with E-state index in [-0.39, 0.29) is 0 Å². The van der Waals surface area contributed by atoms with Crippen molar-refractivity contribution in [3.63, 3.8) is 0 Å². The molecule has 0 spiro atoms. The maximum Gasteiger partial charge on any atom is 0.159 e. The number of nitrogens with zero attached hydrogens (tertiary/aromatic N) is 4. The van der Waals surface area contributed by atoms with Crippen molar-refractivity contribution in [3.05, 3.63) is 212 Å². The Kier molecular flexibility index (Phi) is 8.18. The van der Waals surface area contributed by atoms with Crippen LogP contribution in [0.3, 0.4) is 0 Å². The number of benzene rings is 8. The predicted molar refractivity (Wildman–Crippen MR) is 266 cm³/mol. The van der Waals surface area contributed by atoms with Crippen LogP contribution in [0.4, 0.5) is 0 Å². The van der Waals surface area contributed by atoms with Crippen molar-refractivity contribution in [1.29, 1.82) is 0 Å². The second kappa shape index (κ2) is 14.4. The van der Waals surface area contributed by atoms with Gasteiger partial charge < -0.3 is 9.13 Å². The van der Waals surface area contributed by atoms with Crippen molar-refractivity contribution in [2.24, 2.45) is 0 Å². The molecule has 0 atom stereocenters. The van der Waals surface area contributed by atoms with E-state index in [1.807, 2.05) is 35.7 Å². The molecule has 0 saturated heterocycles. The highest BCUT2D eigenvalue weighted by Crippen LogP contribution is 2.46. The van der Waals surface area contributed by atoms with E-state index in [1.54, 1.807) is 0 Å². The van der Waals surface area contributed by atoms with E-state index in [0.29, 0.717) is 5.82 Å². The van der Waals surface area contributed by atoms with E-state index in [4.69, 9.17) is 9.97 Å². The topological polar surface area (TPSA) is 35.6 Å². The Hall–Kier alpha value is -7.86. The first-order chi connectivity index (χ1) is 31.2. The molecule has 0 N–H and O–H groups in total. The molecule has 0 aliphatic heterocycles. The maximum atomic E-state index is 5.33. The third-order valence-corrected chi connectivity index (χ3v) is 13.9. The molecule has 63 heavy (non-hydrogen) atoms. The molecule has 4 aromatic heterocycles. The van der Waals surface area contributed by atoms with Crippen LogP contribution in [0.15, 0.2) is 206 Å². The molecule has 4 nitrogen and oxygen atoms in total. The van der Waals surface area contributed by atoms with Crippen LogP contribution in [0.5, 0.6) is 0 Å². The van der Waals surface area contributed by atoms with Crippen molar-refractivity contribution in [1.82, 2.24) is 19.1 Å². The molecule has 0 amide bonds. The number of hydrogen-bond donors (Lipinski definition) is 0. The van der Waals surface area contributed by atoms with Crippen molar-refractivity contribution in [2.75, 3.05) is 0 Å². The molecular weight excluding hydrogens is 785 g/mol. The summed E-state index contributed by atoms with van der Waals surface area (Å²) in [5, 5.41) is 7.43. The van der Waals surface area contributed by atoms with Crippen molar-refractivity contribution in [3.8, 4) is 45.1 Å². The first-order valence-electron chi connectivity index (χ1n) is 21.6. The van der Waals surface area contributed by atoms with Crippen LogP contribution in [-0.2, 0) is 0 Å². The van der Waals surface area contributed by atoms with E-state index in [1.165, 1.54) is 80.5 Å². The zero-order valence-electron chi connectivity index (χ0n) is 34.2. The quantitative estimate of drug-likeness (QED) is 0.167. The highest BCUT2D eigenvalue weighted by atomic mass is 32.1. The largest absolute Gasteiger partial charge is 0.309 e. The zero-order valence-corrected chi connectivity index (χ0v) is 35.1. The normalized spacial score (nSPS) is 13.0. The number of para-hydroxylation sites is 2. The van der Waals surface area contributed by atoms with Crippen LogP contribution in [0.2, 0.25) is 0 Å². The van der Waals surface area contributed by atoms with Gasteiger partial charge in [0, 0.05) is 53.8 Å². The minimum absolute atomic E-state index is 0.707. The van der Waals surface area contributed by atoms with E-state index in [2.05, 4.69) is 191 Å². The first-order valence-corrected chi connectivity index (χ1v) is 22.4. The van der Waals surface area contributed by atoms with Crippen molar-refractivity contribution >= 4 is 80.7 Å². The Balaban J connectivity index is 1.09. The molecule has 0 unspecified atom stereocenters. The Morgan fingerprint density at radius 3 is 1.86 bits per heavy atom. The van der Waals surface area contributed by atoms with E-state index < -0.39 is 0 Å². The number of hydrogen-bond acceptors (Lipinski definition) is 3. The van der Waals surface area contributed by atoms with Crippen LogP contribution in [0, 0.1) is 0 Å². The number of rotatable bonds is 6. The molecular formula is C58H38N4S. The molecule has 4 heterocycles. The van der Waals surface area contributed by atoms with Gasteiger partial charge in [0.15, 0.2) is 5.82 Å². The summed E-state index contributed by atoms with van der Waals surface area (Å²) >= 11 is 1.88. The molecule has 1 aliphatic carbocycles. The molecule has 12 aromatic rings. The lowest BCUT2D eigenvalue weighted by atomic mass is 9.95. The van der Waals surface area contributed by atoms with Gasteiger partial charge in [0.1, 0.15) is 0 Å². The van der Waals surface area contributed by atoms with Crippen LogP contribution in [-0.4, -0.2) is 19.1 Å². The van der Waals surface area contributed by atoms with Gasteiger partial charge in [0.05, 0.1) is 44.3 Å². The summed E-state index contributed by atoms with van der Waals surface area (Å²) in [4.78, 5) is 10.4. The number of aromatic nitrogens is 4. The van der Waals surface area contributed by atoms with Gasteiger partial charge in [-0.3, -0.25) is 0 Å². The highest BCUT2D eigenvalue weighted by molar-refractivity contribution is 7.26. The third kappa shape index (κ3) is 5.74. The van der Waals surface area contributed by atoms with Crippen LogP contribution < -0.4 is 0 Å². The lowest BCUT2D eigenvalue weighted by Crippen LogP contribution is -2.02. The lowest BCUT2D eigenvalue weighted by molar-refractivity contribution is 1.04. The predicted octanol–water partition coefficient (Wildman–Crippen LogP) is 15.8. The minimum atomic E-state index is 0.707. The average Bonchev–Trinajstić information content (AvgIpc) is 4.01. The Bertz CT molecular complexity index is 3830. The van der Waals surface area contributed by atoms with Gasteiger partial charge in [-0.25, -0.2) is 9.97 Å². The van der Waals surface area contributed by atoms with Gasteiger partial charge in [-0.1, -0.05) is 158 Å². The van der Waals surface area contributed by atoms with Gasteiger partial charge >= 0.3 is 0 Å². The molecule has 1 aliphatic rings. The third-order valence-electron chi connectivity index (χ3n) is 12.8. The lowest BCUT2D eigenvalue weighted by Gasteiger charge is -2.15. The molecule has 13 rings (SSSR count). The highest BCUT2D eigenvalue weighted by Gasteiger charge is 2.23. The monoisotopic (exact) mass is 822 g/mol. The van der Waals surface area contributed by atoms with E-state index in [9.17, 15) is 0 Å². The minimum Gasteiger partial charge on any atom is -0.309 e. The summed E-state index contributed by atoms with van der Waals surface area (Å²) < 4.78 is 7.40. The zero-order chi connectivity index (χ0) is 41.4. The number of thiophene rings is 1. The average molecular weight is 823 g/mol. The number of fused-ring (bicyclic) bond motifs is 10. The standard InChI is InChI=1S/C58H38N4S/c1-5-17-37(18-6-1)41-31-42(38-19-7-2-8-20-38)33-43(32-41)61-50-27-15-14-26-45(50)48-34-49-47-30-29-46-44-25-13-16-28-51(44)62(56(46)57(47)63-54(49)35-52(48)61)53-36-59-58(40-23-11-4-12-24-40)60-55(53)39-21-9-3-10-22-39/h1,3-7,9-36H,2,8H2. The molecule has 296 valence electrons. The SMILES string of the molecule is C1=CC(c2cc(-c3ccccc3)cc(-n3c4ccccc4c4cc5c(cc43)sc3c5ccc4c5ccccc5n(-c5cnc(-c6ccccc6)nc5-c5ccccc5)c43)c2)=CCC1. The summed E-state index contributed by atoms with van der Waals surface area (Å²) in [5.41, 5.74) is 14.7. The van der Waals surface area contributed by atoms with Gasteiger partial charge in [0.2, 0.25) is 0 Å². The molecule has 0 saturated carbocycles. The van der Waals surface area contributed by atoms with Crippen LogP contribution in [0.25, 0.3) is 115 Å². The summed E-state index contributed by atoms with van der Waals surface area (Å²) in [6.07, 6.45) is 11.1. The van der Waals surface area contributed by atoms with Crippen LogP contribution in [0.1, 0.15) is 18.4 Å². The molecule has 8 aromatic carbocycles. The van der Waals surface area contributed by atoms with Crippen LogP contribution >= 0.6 is 11.3 Å². The maximum absolute atomic E-state index is 5.33. The van der Waals surface area contributed by atoms with E-state index >= 15 is 0 Å². The van der Waals surface area contributed by atoms with Gasteiger partial charge in [0.25, 0.3) is 0 Å². The van der Waals surface area contributed by atoms with Crippen molar-refractivity contribution in [2.45, 2.75) is 12.8 Å². The van der Waals surface area contributed by atoms with Gasteiger partial charge in [-0.05, 0) is 77.6 Å². The van der Waals surface area contributed by atoms with E-state index in [0.717, 1.165) is 46.6 Å². The molecule has 0 bridgehead atoms. The molecule has 0 fully saturated rings. The summed E-state index contributed by atoms with van der Waals surface area (Å²) in [5.74, 6) is 0.707. The Morgan fingerprint density at radius 1 is 0.460 bits per heavy atom. The Labute approximate surface area is 368 Å². The molecule has 5 heteroatoms. The first kappa shape index (κ1) is 35.9. The summed E-state index contributed by atoms with van der Waals surface area (Å²) in [6, 6.07) is 65.9. The Morgan fingerprint density at radius 2 is 1.11 bits per heavy atom. The summed E-state index contributed by atoms with van der Waals surface area (Å²) in [6.45, 7) is 0. The fourth-order valence-corrected chi connectivity index (χ4v) is 11.1. The fraction of sp³-hybridized carbons (Fsp3) is 0.0345.